The summed E-state index contributed by atoms with van der Waals surface area (Å²) in [6, 6.07) is 16.8. The first-order valence-corrected chi connectivity index (χ1v) is 6.74. The molecule has 1 amide bonds. The van der Waals surface area contributed by atoms with Gasteiger partial charge in [0.15, 0.2) is 0 Å². The van der Waals surface area contributed by atoms with E-state index in [1.165, 1.54) is 0 Å². The van der Waals surface area contributed by atoms with Gasteiger partial charge in [0.2, 0.25) is 0 Å². The summed E-state index contributed by atoms with van der Waals surface area (Å²) in [5.74, 6) is 0.598. The zero-order chi connectivity index (χ0) is 15.1. The minimum atomic E-state index is -0.159. The molecule has 4 nitrogen and oxygen atoms in total. The molecule has 2 aromatic carbocycles. The first kappa shape index (κ1) is 15.1. The Morgan fingerprint density at radius 3 is 2.29 bits per heavy atom. The fourth-order valence-electron chi connectivity index (χ4n) is 2.03. The lowest BCUT2D eigenvalue weighted by atomic mass is 10.1. The Kier molecular flexibility index (Phi) is 5.35. The van der Waals surface area contributed by atoms with E-state index in [1.54, 1.807) is 38.5 Å². The van der Waals surface area contributed by atoms with Gasteiger partial charge in [0.1, 0.15) is 5.75 Å². The van der Waals surface area contributed by atoms with E-state index in [2.05, 4.69) is 5.32 Å². The zero-order valence-corrected chi connectivity index (χ0v) is 12.2. The van der Waals surface area contributed by atoms with Crippen LogP contribution in [0, 0.1) is 0 Å². The average Bonchev–Trinajstić information content (AvgIpc) is 2.56. The molecule has 0 aliphatic carbocycles. The van der Waals surface area contributed by atoms with Gasteiger partial charge in [-0.1, -0.05) is 30.3 Å². The normalized spacial score (nSPS) is 11.7. The Morgan fingerprint density at radius 2 is 1.71 bits per heavy atom. The minimum absolute atomic E-state index is 0.129. The van der Waals surface area contributed by atoms with Crippen LogP contribution in [0.3, 0.4) is 0 Å². The Morgan fingerprint density at radius 1 is 1.05 bits per heavy atom. The molecule has 0 radical (unpaired) electrons. The van der Waals surface area contributed by atoms with Gasteiger partial charge in [-0.2, -0.15) is 0 Å². The van der Waals surface area contributed by atoms with Gasteiger partial charge in [-0.25, -0.2) is 0 Å². The third-order valence-corrected chi connectivity index (χ3v) is 3.26. The number of benzene rings is 2. The fourth-order valence-corrected chi connectivity index (χ4v) is 2.03. The Balaban J connectivity index is 1.96. The van der Waals surface area contributed by atoms with E-state index in [0.29, 0.717) is 12.1 Å². The number of ether oxygens (including phenoxy) is 2. The van der Waals surface area contributed by atoms with Crippen molar-refractivity contribution < 1.29 is 14.3 Å². The average molecular weight is 285 g/mol. The molecule has 2 aromatic rings. The highest BCUT2D eigenvalue weighted by molar-refractivity contribution is 5.94. The lowest BCUT2D eigenvalue weighted by Crippen LogP contribution is -2.29. The van der Waals surface area contributed by atoms with Crippen LogP contribution in [0.5, 0.6) is 5.75 Å². The molecule has 0 bridgehead atoms. The van der Waals surface area contributed by atoms with Crippen molar-refractivity contribution in [2.45, 2.75) is 6.10 Å². The van der Waals surface area contributed by atoms with E-state index in [0.717, 1.165) is 11.3 Å². The molecular formula is C17H19NO3. The van der Waals surface area contributed by atoms with Gasteiger partial charge >= 0.3 is 0 Å². The zero-order valence-electron chi connectivity index (χ0n) is 12.2. The van der Waals surface area contributed by atoms with Crippen molar-refractivity contribution in [2.75, 3.05) is 20.8 Å². The third kappa shape index (κ3) is 4.07. The monoisotopic (exact) mass is 285 g/mol. The number of rotatable bonds is 6. The number of nitrogens with one attached hydrogen (secondary N) is 1. The number of hydrogen-bond acceptors (Lipinski definition) is 3. The summed E-state index contributed by atoms with van der Waals surface area (Å²) in [6.07, 6.45) is -0.159. The standard InChI is InChI=1S/C17H19NO3/c1-20-15-10-8-14(9-11-15)17(19)18-12-16(21-2)13-6-4-3-5-7-13/h3-11,16H,12H2,1-2H3,(H,18,19). The molecule has 21 heavy (non-hydrogen) atoms. The molecule has 110 valence electrons. The van der Waals surface area contributed by atoms with Gasteiger partial charge in [0, 0.05) is 19.2 Å². The molecule has 1 atom stereocenters. The van der Waals surface area contributed by atoms with Crippen LogP contribution in [0.15, 0.2) is 54.6 Å². The number of carbonyl (C=O) groups is 1. The summed E-state index contributed by atoms with van der Waals surface area (Å²) >= 11 is 0. The van der Waals surface area contributed by atoms with Crippen LogP contribution in [0.1, 0.15) is 22.0 Å². The van der Waals surface area contributed by atoms with Crippen LogP contribution in [0.4, 0.5) is 0 Å². The predicted octanol–water partition coefficient (Wildman–Crippen LogP) is 2.81. The van der Waals surface area contributed by atoms with Crippen molar-refractivity contribution in [3.63, 3.8) is 0 Å². The Hall–Kier alpha value is -2.33. The van der Waals surface area contributed by atoms with Crippen molar-refractivity contribution in [1.29, 1.82) is 0 Å². The van der Waals surface area contributed by atoms with Crippen LogP contribution in [-0.4, -0.2) is 26.7 Å². The highest BCUT2D eigenvalue weighted by Crippen LogP contribution is 2.15. The molecular weight excluding hydrogens is 266 g/mol. The first-order chi connectivity index (χ1) is 10.2. The molecule has 0 saturated heterocycles. The lowest BCUT2D eigenvalue weighted by Gasteiger charge is -2.16. The van der Waals surface area contributed by atoms with E-state index in [-0.39, 0.29) is 12.0 Å². The van der Waals surface area contributed by atoms with Crippen LogP contribution in [0.25, 0.3) is 0 Å². The molecule has 4 heteroatoms. The number of hydrogen-bond donors (Lipinski definition) is 1. The second-order valence-corrected chi connectivity index (χ2v) is 4.57. The summed E-state index contributed by atoms with van der Waals surface area (Å²) in [6.45, 7) is 0.422. The largest absolute Gasteiger partial charge is 0.497 e. The SMILES string of the molecule is COc1ccc(C(=O)NCC(OC)c2ccccc2)cc1. The maximum Gasteiger partial charge on any atom is 0.251 e. The molecule has 0 aliphatic rings. The molecule has 2 rings (SSSR count). The van der Waals surface area contributed by atoms with Crippen LogP contribution < -0.4 is 10.1 Å². The van der Waals surface area contributed by atoms with Crippen LogP contribution in [-0.2, 0) is 4.74 Å². The van der Waals surface area contributed by atoms with E-state index in [9.17, 15) is 4.79 Å². The van der Waals surface area contributed by atoms with Crippen molar-refractivity contribution in [3.8, 4) is 5.75 Å². The topological polar surface area (TPSA) is 47.6 Å². The molecule has 1 N–H and O–H groups in total. The maximum absolute atomic E-state index is 12.1. The van der Waals surface area contributed by atoms with Crippen molar-refractivity contribution in [1.82, 2.24) is 5.32 Å². The van der Waals surface area contributed by atoms with Gasteiger partial charge in [-0.15, -0.1) is 0 Å². The van der Waals surface area contributed by atoms with Gasteiger partial charge < -0.3 is 14.8 Å². The van der Waals surface area contributed by atoms with Crippen molar-refractivity contribution >= 4 is 5.91 Å². The maximum atomic E-state index is 12.1. The highest BCUT2D eigenvalue weighted by Gasteiger charge is 2.12. The summed E-state index contributed by atoms with van der Waals surface area (Å²) in [5.41, 5.74) is 1.63. The van der Waals surface area contributed by atoms with Gasteiger partial charge in [-0.3, -0.25) is 4.79 Å². The van der Waals surface area contributed by atoms with Crippen LogP contribution >= 0.6 is 0 Å². The van der Waals surface area contributed by atoms with Gasteiger partial charge in [0.05, 0.1) is 13.2 Å². The summed E-state index contributed by atoms with van der Waals surface area (Å²) in [5, 5.41) is 2.88. The predicted molar refractivity (Wildman–Crippen MR) is 81.5 cm³/mol. The molecule has 0 saturated carbocycles. The number of amides is 1. The second-order valence-electron chi connectivity index (χ2n) is 4.57. The number of carbonyl (C=O) groups excluding carboxylic acids is 1. The molecule has 0 fully saturated rings. The molecule has 1 unspecified atom stereocenters. The second kappa shape index (κ2) is 7.45. The smallest absolute Gasteiger partial charge is 0.251 e. The molecule has 0 aromatic heterocycles. The summed E-state index contributed by atoms with van der Waals surface area (Å²) in [7, 11) is 3.23. The quantitative estimate of drug-likeness (QED) is 0.887. The molecule has 0 aliphatic heterocycles. The first-order valence-electron chi connectivity index (χ1n) is 6.74. The Labute approximate surface area is 124 Å². The molecule has 0 spiro atoms. The number of methoxy groups -OCH3 is 2. The van der Waals surface area contributed by atoms with Crippen molar-refractivity contribution in [2.24, 2.45) is 0 Å². The summed E-state index contributed by atoms with van der Waals surface area (Å²) in [4.78, 5) is 12.1. The van der Waals surface area contributed by atoms with Crippen molar-refractivity contribution in [3.05, 3.63) is 65.7 Å². The van der Waals surface area contributed by atoms with E-state index < -0.39 is 0 Å². The van der Waals surface area contributed by atoms with Crippen LogP contribution in [0.2, 0.25) is 0 Å². The molecule has 0 heterocycles. The summed E-state index contributed by atoms with van der Waals surface area (Å²) < 4.78 is 10.5. The fraction of sp³-hybridized carbons (Fsp3) is 0.235. The van der Waals surface area contributed by atoms with E-state index in [4.69, 9.17) is 9.47 Å². The van der Waals surface area contributed by atoms with Gasteiger partial charge in [-0.05, 0) is 29.8 Å². The van der Waals surface area contributed by atoms with E-state index >= 15 is 0 Å². The third-order valence-electron chi connectivity index (χ3n) is 3.26. The lowest BCUT2D eigenvalue weighted by molar-refractivity contribution is 0.0828. The highest BCUT2D eigenvalue weighted by atomic mass is 16.5. The van der Waals surface area contributed by atoms with E-state index in [1.807, 2.05) is 30.3 Å². The van der Waals surface area contributed by atoms with Gasteiger partial charge in [0.25, 0.3) is 5.91 Å². The minimum Gasteiger partial charge on any atom is -0.497 e. The Bertz CT molecular complexity index is 566.